The zero-order chi connectivity index (χ0) is 20.7. The quantitative estimate of drug-likeness (QED) is 0.606. The van der Waals surface area contributed by atoms with Gasteiger partial charge in [-0.2, -0.15) is 22.0 Å². The van der Waals surface area contributed by atoms with Gasteiger partial charge in [0.1, 0.15) is 17.3 Å². The van der Waals surface area contributed by atoms with Gasteiger partial charge in [0.25, 0.3) is 0 Å². The van der Waals surface area contributed by atoms with Crippen molar-refractivity contribution in [3.63, 3.8) is 0 Å². The normalized spacial score (nSPS) is 13.7. The molecule has 0 spiro atoms. The number of hydrogen-bond acceptors (Lipinski definition) is 4. The predicted octanol–water partition coefficient (Wildman–Crippen LogP) is 4.76. The maximum atomic E-state index is 13.1. The Balaban J connectivity index is 2.10. The second-order valence-corrected chi connectivity index (χ2v) is 7.58. The number of aromatic nitrogens is 3. The molecule has 28 heavy (non-hydrogen) atoms. The minimum atomic E-state index is -4.62. The number of halogens is 5. The molecule has 0 aliphatic heterocycles. The van der Waals surface area contributed by atoms with Crippen LogP contribution in [-0.2, 0) is 17.0 Å². The summed E-state index contributed by atoms with van der Waals surface area (Å²) in [6.07, 6.45) is -7.04. The molecule has 0 saturated heterocycles. The smallest absolute Gasteiger partial charge is 0.433 e. The average Bonchev–Trinajstić information content (AvgIpc) is 3.01. The number of H-pyrrole nitrogens is 1. The summed E-state index contributed by atoms with van der Waals surface area (Å²) in [6.45, 7) is 2.21. The number of fused-ring (bicyclic) bond motifs is 1. The lowest BCUT2D eigenvalue weighted by atomic mass is 10.2. The van der Waals surface area contributed by atoms with Crippen LogP contribution in [0.15, 0.2) is 35.4 Å². The van der Waals surface area contributed by atoms with Crippen LogP contribution in [0, 0.1) is 0 Å². The van der Waals surface area contributed by atoms with Crippen molar-refractivity contribution in [1.29, 1.82) is 0 Å². The molecule has 2 aromatic heterocycles. The third kappa shape index (κ3) is 4.29. The van der Waals surface area contributed by atoms with Crippen molar-refractivity contribution < 1.29 is 30.9 Å². The third-order valence-corrected chi connectivity index (χ3v) is 5.02. The summed E-state index contributed by atoms with van der Waals surface area (Å²) >= 11 is 0. The highest BCUT2D eigenvalue weighted by atomic mass is 32.2. The summed E-state index contributed by atoms with van der Waals surface area (Å²) in [5.74, 6) is 0.145. The molecule has 150 valence electrons. The molecule has 3 aromatic rings. The van der Waals surface area contributed by atoms with E-state index in [4.69, 9.17) is 0 Å². The lowest BCUT2D eigenvalue weighted by molar-refractivity contribution is -0.159. The monoisotopic (exact) mass is 419 g/mol. The minimum absolute atomic E-state index is 0.0194. The molecule has 3 rings (SSSR count). The van der Waals surface area contributed by atoms with Gasteiger partial charge in [0.05, 0.1) is 32.9 Å². The van der Waals surface area contributed by atoms with Gasteiger partial charge in [-0.3, -0.25) is 4.21 Å². The van der Waals surface area contributed by atoms with Gasteiger partial charge in [-0.1, -0.05) is 6.92 Å². The highest BCUT2D eigenvalue weighted by Crippen LogP contribution is 2.33. The Morgan fingerprint density at radius 3 is 2.50 bits per heavy atom. The Morgan fingerprint density at radius 2 is 1.89 bits per heavy atom. The lowest BCUT2D eigenvalue weighted by Crippen LogP contribution is -2.19. The lowest BCUT2D eigenvalue weighted by Gasteiger charge is -2.15. The van der Waals surface area contributed by atoms with Crippen LogP contribution in [0.4, 0.5) is 22.0 Å². The summed E-state index contributed by atoms with van der Waals surface area (Å²) in [7, 11) is -1.56. The van der Waals surface area contributed by atoms with Gasteiger partial charge in [0.15, 0.2) is 0 Å². The number of ether oxygens (including phenoxy) is 1. The zero-order valence-electron chi connectivity index (χ0n) is 14.6. The Bertz CT molecular complexity index is 1040. The second-order valence-electron chi connectivity index (χ2n) is 5.87. The maximum absolute atomic E-state index is 13.1. The molecule has 0 fully saturated rings. The Morgan fingerprint density at radius 1 is 1.18 bits per heavy atom. The number of hydrogen-bond donors (Lipinski definition) is 1. The van der Waals surface area contributed by atoms with Crippen molar-refractivity contribution in [3.05, 3.63) is 36.2 Å². The number of pyridine rings is 1. The second kappa shape index (κ2) is 7.12. The van der Waals surface area contributed by atoms with E-state index >= 15 is 0 Å². The fourth-order valence-electron chi connectivity index (χ4n) is 2.50. The standard InChI is InChI=1S/C17H14F5N3O2S/c1-3-28(26)13-6-9(27-16(2,18)19)4-5-10(13)15-24-11-7-14(17(20,21)22)23-8-12(11)25-15/h4-8H,3H2,1-2H3,(H,24,25). The van der Waals surface area contributed by atoms with E-state index in [9.17, 15) is 26.2 Å². The Kier molecular flexibility index (Phi) is 5.13. The number of alkyl halides is 5. The van der Waals surface area contributed by atoms with Crippen LogP contribution in [-0.4, -0.2) is 31.0 Å². The molecule has 11 heteroatoms. The van der Waals surface area contributed by atoms with Crippen molar-refractivity contribution in [3.8, 4) is 17.1 Å². The summed E-state index contributed by atoms with van der Waals surface area (Å²) in [6, 6.07) is 4.62. The van der Waals surface area contributed by atoms with Crippen molar-refractivity contribution >= 4 is 21.8 Å². The molecule has 0 bridgehead atoms. The van der Waals surface area contributed by atoms with Gasteiger partial charge >= 0.3 is 12.3 Å². The summed E-state index contributed by atoms with van der Waals surface area (Å²) in [5, 5.41) is 0. The van der Waals surface area contributed by atoms with Gasteiger partial charge in [-0.15, -0.1) is 0 Å². The van der Waals surface area contributed by atoms with Crippen molar-refractivity contribution in [2.75, 3.05) is 5.75 Å². The van der Waals surface area contributed by atoms with Crippen LogP contribution in [0.1, 0.15) is 19.5 Å². The van der Waals surface area contributed by atoms with E-state index in [-0.39, 0.29) is 33.3 Å². The van der Waals surface area contributed by atoms with Crippen molar-refractivity contribution in [2.45, 2.75) is 31.0 Å². The van der Waals surface area contributed by atoms with E-state index in [1.165, 1.54) is 18.2 Å². The van der Waals surface area contributed by atoms with E-state index < -0.39 is 28.8 Å². The molecule has 2 heterocycles. The molecule has 0 radical (unpaired) electrons. The Labute approximate surface area is 158 Å². The number of benzene rings is 1. The van der Waals surface area contributed by atoms with Crippen LogP contribution in [0.2, 0.25) is 0 Å². The molecular weight excluding hydrogens is 405 g/mol. The van der Waals surface area contributed by atoms with Crippen LogP contribution in [0.25, 0.3) is 22.4 Å². The van der Waals surface area contributed by atoms with Crippen LogP contribution >= 0.6 is 0 Å². The van der Waals surface area contributed by atoms with Gasteiger partial charge in [0, 0.05) is 18.2 Å². The highest BCUT2D eigenvalue weighted by molar-refractivity contribution is 7.85. The molecule has 1 aromatic carbocycles. The maximum Gasteiger partial charge on any atom is 0.433 e. The first-order chi connectivity index (χ1) is 13.0. The molecule has 1 unspecified atom stereocenters. The van der Waals surface area contributed by atoms with Crippen molar-refractivity contribution in [1.82, 2.24) is 15.0 Å². The third-order valence-electron chi connectivity index (χ3n) is 3.67. The minimum Gasteiger partial charge on any atom is -0.433 e. The Hall–Kier alpha value is -2.56. The topological polar surface area (TPSA) is 67.9 Å². The SMILES string of the molecule is CCS(=O)c1cc(OC(C)(F)F)ccc1-c1nc2cc(C(F)(F)F)ncc2[nH]1. The molecule has 1 N–H and O–H groups in total. The first-order valence-electron chi connectivity index (χ1n) is 8.00. The van der Waals surface area contributed by atoms with E-state index in [2.05, 4.69) is 19.7 Å². The zero-order valence-corrected chi connectivity index (χ0v) is 15.4. The molecule has 0 aliphatic rings. The molecule has 0 aliphatic carbocycles. The molecule has 5 nitrogen and oxygen atoms in total. The number of nitrogens with one attached hydrogen (secondary N) is 1. The largest absolute Gasteiger partial charge is 0.433 e. The molecule has 1 atom stereocenters. The van der Waals surface area contributed by atoms with Gasteiger partial charge < -0.3 is 9.72 Å². The number of imidazole rings is 1. The highest BCUT2D eigenvalue weighted by Gasteiger charge is 2.33. The molecule has 0 saturated carbocycles. The van der Waals surface area contributed by atoms with Gasteiger partial charge in [0.2, 0.25) is 0 Å². The van der Waals surface area contributed by atoms with Crippen LogP contribution in [0.3, 0.4) is 0 Å². The van der Waals surface area contributed by atoms with Crippen LogP contribution in [0.5, 0.6) is 5.75 Å². The van der Waals surface area contributed by atoms with E-state index in [1.807, 2.05) is 0 Å². The first kappa shape index (κ1) is 20.2. The summed E-state index contributed by atoms with van der Waals surface area (Å²) in [4.78, 5) is 10.5. The fraction of sp³-hybridized carbons (Fsp3) is 0.294. The average molecular weight is 419 g/mol. The molecule has 0 amide bonds. The number of rotatable bonds is 5. The van der Waals surface area contributed by atoms with Crippen LogP contribution < -0.4 is 4.74 Å². The molecular formula is C17H14F5N3O2S. The van der Waals surface area contributed by atoms with E-state index in [0.717, 1.165) is 12.3 Å². The van der Waals surface area contributed by atoms with Crippen molar-refractivity contribution in [2.24, 2.45) is 0 Å². The van der Waals surface area contributed by atoms with E-state index in [0.29, 0.717) is 12.5 Å². The predicted molar refractivity (Wildman–Crippen MR) is 92.5 cm³/mol. The number of aromatic amines is 1. The van der Waals surface area contributed by atoms with Gasteiger partial charge in [-0.05, 0) is 24.3 Å². The first-order valence-corrected chi connectivity index (χ1v) is 9.32. The summed E-state index contributed by atoms with van der Waals surface area (Å²) < 4.78 is 81.6. The van der Waals surface area contributed by atoms with E-state index in [1.54, 1.807) is 6.92 Å². The fourth-order valence-corrected chi connectivity index (χ4v) is 3.47. The number of nitrogens with zero attached hydrogens (tertiary/aromatic N) is 2. The van der Waals surface area contributed by atoms with Gasteiger partial charge in [-0.25, -0.2) is 9.97 Å². The summed E-state index contributed by atoms with van der Waals surface area (Å²) in [5.41, 5.74) is -0.524.